The molecule has 0 aliphatic carbocycles. The van der Waals surface area contributed by atoms with Crippen LogP contribution in [0.15, 0.2) is 0 Å². The third kappa shape index (κ3) is 2.16. The number of likely N-dealkylation sites (tertiary alicyclic amines) is 1. The molecular weight excluding hydrogens is 247 g/mol. The Hall–Kier alpha value is -0.381. The predicted molar refractivity (Wildman–Crippen MR) is 52.9 cm³/mol. The summed E-state index contributed by atoms with van der Waals surface area (Å²) in [6.07, 6.45) is 0.827. The zero-order valence-electron chi connectivity index (χ0n) is 8.07. The summed E-state index contributed by atoms with van der Waals surface area (Å²) in [5.74, 6) is 0.0113. The fraction of sp³-hybridized carbons (Fsp3) is 0.778. The van der Waals surface area contributed by atoms with E-state index in [1.54, 1.807) is 0 Å². The maximum absolute atomic E-state index is 11.3. The summed E-state index contributed by atoms with van der Waals surface area (Å²) in [6, 6.07) is 0. The summed E-state index contributed by atoms with van der Waals surface area (Å²) in [5, 5.41) is 2.51. The molecule has 2 aliphatic rings. The first-order chi connectivity index (χ1) is 6.77. The number of amides is 2. The van der Waals surface area contributed by atoms with E-state index in [-0.39, 0.29) is 11.8 Å². The molecule has 0 atom stereocenters. The van der Waals surface area contributed by atoms with E-state index in [2.05, 4.69) is 4.90 Å². The Labute approximate surface area is 89.8 Å². The second-order valence-electron chi connectivity index (χ2n) is 3.59. The van der Waals surface area contributed by atoms with Crippen LogP contribution in [-0.2, 0) is 9.59 Å². The van der Waals surface area contributed by atoms with Crippen molar-refractivity contribution >= 4 is 26.8 Å². The summed E-state index contributed by atoms with van der Waals surface area (Å²) >= 11 is 0.787. The molecule has 14 heavy (non-hydrogen) atoms. The molecule has 2 amide bonds. The van der Waals surface area contributed by atoms with Crippen molar-refractivity contribution in [1.82, 2.24) is 9.80 Å². The molecule has 0 N–H and O–H groups in total. The average Bonchev–Trinajstić information content (AvgIpc) is 2.51. The Bertz CT molecular complexity index is 235. The number of hydrogen-bond acceptors (Lipinski definition) is 3. The first kappa shape index (κ1) is 10.1. The number of nitrogens with zero attached hydrogens (tertiary/aromatic N) is 2. The van der Waals surface area contributed by atoms with Crippen LogP contribution < -0.4 is 0 Å². The van der Waals surface area contributed by atoms with Crippen LogP contribution in [0.4, 0.5) is 0 Å². The molecule has 2 rings (SSSR count). The summed E-state index contributed by atoms with van der Waals surface area (Å²) in [5.41, 5.74) is 0. The summed E-state index contributed by atoms with van der Waals surface area (Å²) in [4.78, 5) is 26.3. The Balaban J connectivity index is 1.89. The topological polar surface area (TPSA) is 40.6 Å². The van der Waals surface area contributed by atoms with Crippen LogP contribution in [0.5, 0.6) is 0 Å². The van der Waals surface area contributed by atoms with Gasteiger partial charge in [-0.15, -0.1) is 0 Å². The van der Waals surface area contributed by atoms with E-state index in [9.17, 15) is 9.59 Å². The molecule has 2 saturated heterocycles. The number of rotatable bonds is 2. The Morgan fingerprint density at radius 2 is 1.64 bits per heavy atom. The number of hydrogen-bond donors (Lipinski definition) is 0. The average molecular weight is 261 g/mol. The number of carbonyl (C=O) groups is 2. The van der Waals surface area contributed by atoms with Gasteiger partial charge in [0.05, 0.1) is 0 Å². The molecule has 2 fully saturated rings. The third-order valence-electron chi connectivity index (χ3n) is 2.60. The standard InChI is InChI=1S/C9H14N2O2Se/c12-8-1-2-9(13)11(8)7-10-3-5-14-6-4-10/h1-7H2. The van der Waals surface area contributed by atoms with Crippen molar-refractivity contribution in [2.45, 2.75) is 23.5 Å². The minimum absolute atomic E-state index is 0.00563. The zero-order chi connectivity index (χ0) is 9.97. The van der Waals surface area contributed by atoms with Gasteiger partial charge in [0.25, 0.3) is 0 Å². The van der Waals surface area contributed by atoms with Crippen LogP contribution in [0.1, 0.15) is 12.8 Å². The van der Waals surface area contributed by atoms with Crippen LogP contribution in [0.3, 0.4) is 0 Å². The third-order valence-corrected chi connectivity index (χ3v) is 4.58. The van der Waals surface area contributed by atoms with Gasteiger partial charge in [-0.2, -0.15) is 0 Å². The molecule has 0 spiro atoms. The van der Waals surface area contributed by atoms with E-state index < -0.39 is 0 Å². The summed E-state index contributed by atoms with van der Waals surface area (Å²) < 4.78 is 0. The molecule has 78 valence electrons. The second-order valence-corrected chi connectivity index (χ2v) is 6.16. The predicted octanol–water partition coefficient (Wildman–Crippen LogP) is -0.0507. The SMILES string of the molecule is O=C1CCC(=O)N1CN1CC[Se]CC1. The van der Waals surface area contributed by atoms with Gasteiger partial charge in [0.15, 0.2) is 0 Å². The summed E-state index contributed by atoms with van der Waals surface area (Å²) in [6.45, 7) is 2.64. The zero-order valence-corrected chi connectivity index (χ0v) is 9.78. The van der Waals surface area contributed by atoms with Gasteiger partial charge in [-0.1, -0.05) is 0 Å². The van der Waals surface area contributed by atoms with Crippen molar-refractivity contribution in [2.75, 3.05) is 19.8 Å². The van der Waals surface area contributed by atoms with Gasteiger partial charge < -0.3 is 0 Å². The van der Waals surface area contributed by atoms with Gasteiger partial charge in [0.2, 0.25) is 0 Å². The van der Waals surface area contributed by atoms with E-state index in [0.29, 0.717) is 19.5 Å². The van der Waals surface area contributed by atoms with Gasteiger partial charge in [-0.25, -0.2) is 0 Å². The molecule has 2 aliphatic heterocycles. The van der Waals surface area contributed by atoms with Crippen LogP contribution in [0, 0.1) is 0 Å². The van der Waals surface area contributed by atoms with Crippen molar-refractivity contribution in [3.05, 3.63) is 0 Å². The quantitative estimate of drug-likeness (QED) is 0.517. The van der Waals surface area contributed by atoms with E-state index in [4.69, 9.17) is 0 Å². The Kier molecular flexibility index (Phi) is 3.21. The first-order valence-electron chi connectivity index (χ1n) is 4.90. The van der Waals surface area contributed by atoms with E-state index >= 15 is 0 Å². The van der Waals surface area contributed by atoms with Crippen LogP contribution in [0.25, 0.3) is 0 Å². The van der Waals surface area contributed by atoms with E-state index in [0.717, 1.165) is 28.0 Å². The summed E-state index contributed by atoms with van der Waals surface area (Å²) in [7, 11) is 0. The minimum atomic E-state index is 0.00563. The maximum atomic E-state index is 11.3. The van der Waals surface area contributed by atoms with Crippen LogP contribution in [-0.4, -0.2) is 56.3 Å². The molecule has 4 nitrogen and oxygen atoms in total. The van der Waals surface area contributed by atoms with Crippen molar-refractivity contribution in [1.29, 1.82) is 0 Å². The van der Waals surface area contributed by atoms with Crippen LogP contribution >= 0.6 is 0 Å². The monoisotopic (exact) mass is 262 g/mol. The second kappa shape index (κ2) is 4.43. The molecule has 0 unspecified atom stereocenters. The van der Waals surface area contributed by atoms with Gasteiger partial charge in [-0.05, 0) is 0 Å². The van der Waals surface area contributed by atoms with E-state index in [1.165, 1.54) is 15.5 Å². The number of carbonyl (C=O) groups excluding carboxylic acids is 2. The molecule has 0 radical (unpaired) electrons. The fourth-order valence-corrected chi connectivity index (χ4v) is 3.78. The molecule has 0 aromatic rings. The number of imide groups is 1. The molecule has 0 bridgehead atoms. The van der Waals surface area contributed by atoms with Gasteiger partial charge in [0.1, 0.15) is 0 Å². The Morgan fingerprint density at radius 3 is 2.21 bits per heavy atom. The van der Waals surface area contributed by atoms with E-state index in [1.807, 2.05) is 0 Å². The van der Waals surface area contributed by atoms with Crippen LogP contribution in [0.2, 0.25) is 10.6 Å². The van der Waals surface area contributed by atoms with Crippen molar-refractivity contribution in [3.63, 3.8) is 0 Å². The molecule has 5 heteroatoms. The van der Waals surface area contributed by atoms with Gasteiger partial charge in [0, 0.05) is 0 Å². The van der Waals surface area contributed by atoms with Gasteiger partial charge in [-0.3, -0.25) is 0 Å². The normalized spacial score (nSPS) is 24.7. The Morgan fingerprint density at radius 1 is 1.07 bits per heavy atom. The van der Waals surface area contributed by atoms with Gasteiger partial charge >= 0.3 is 89.4 Å². The molecule has 0 aromatic heterocycles. The van der Waals surface area contributed by atoms with Crippen molar-refractivity contribution < 1.29 is 9.59 Å². The molecular formula is C9H14N2O2Se. The van der Waals surface area contributed by atoms with Crippen molar-refractivity contribution in [3.8, 4) is 0 Å². The van der Waals surface area contributed by atoms with Crippen molar-refractivity contribution in [2.24, 2.45) is 0 Å². The fourth-order valence-electron chi connectivity index (χ4n) is 1.72. The first-order valence-corrected chi connectivity index (χ1v) is 7.33. The molecule has 2 heterocycles. The molecule has 0 aromatic carbocycles. The molecule has 0 saturated carbocycles.